The van der Waals surface area contributed by atoms with Crippen LogP contribution >= 0.6 is 11.6 Å². The smallest absolute Gasteiger partial charge is 0.269 e. The molecule has 1 N–H and O–H groups in total. The van der Waals surface area contributed by atoms with E-state index in [4.69, 9.17) is 11.6 Å². The molecule has 3 nitrogen and oxygen atoms in total. The molecule has 0 saturated heterocycles. The van der Waals surface area contributed by atoms with Gasteiger partial charge in [-0.15, -0.1) is 11.6 Å². The Morgan fingerprint density at radius 3 is 2.56 bits per heavy atom. The Balaban J connectivity index is 2.66. The molecule has 18 heavy (non-hydrogen) atoms. The third-order valence-electron chi connectivity index (χ3n) is 3.53. The fourth-order valence-corrected chi connectivity index (χ4v) is 2.24. The lowest BCUT2D eigenvalue weighted by atomic mass is 9.84. The normalized spacial score (nSPS) is 11.3. The number of nitrogens with zero attached hydrogens (tertiary/aromatic N) is 1. The molecule has 1 amide bonds. The molecule has 100 valence electrons. The van der Waals surface area contributed by atoms with Gasteiger partial charge in [-0.05, 0) is 31.9 Å². The molecule has 0 unspecified atom stereocenters. The molecule has 0 spiro atoms. The third-order valence-corrected chi connectivity index (χ3v) is 4.10. The van der Waals surface area contributed by atoms with Gasteiger partial charge in [0.25, 0.3) is 5.91 Å². The summed E-state index contributed by atoms with van der Waals surface area (Å²) in [6.45, 7) is 6.67. The molecule has 0 aliphatic heterocycles. The zero-order valence-corrected chi connectivity index (χ0v) is 12.0. The molecule has 1 heterocycles. The Labute approximate surface area is 114 Å². The van der Waals surface area contributed by atoms with Crippen LogP contribution in [0.3, 0.4) is 0 Å². The van der Waals surface area contributed by atoms with Gasteiger partial charge >= 0.3 is 0 Å². The molecular formula is C14H21ClN2O. The van der Waals surface area contributed by atoms with E-state index in [0.29, 0.717) is 18.1 Å². The average molecular weight is 269 g/mol. The second-order valence-electron chi connectivity index (χ2n) is 4.69. The molecule has 0 aliphatic carbocycles. The average Bonchev–Trinajstić information content (AvgIpc) is 2.40. The van der Waals surface area contributed by atoms with Crippen LogP contribution < -0.4 is 5.32 Å². The number of halogens is 1. The van der Waals surface area contributed by atoms with E-state index in [0.717, 1.165) is 18.5 Å². The van der Waals surface area contributed by atoms with Gasteiger partial charge in [-0.3, -0.25) is 4.79 Å². The van der Waals surface area contributed by atoms with Gasteiger partial charge in [0.1, 0.15) is 5.69 Å². The summed E-state index contributed by atoms with van der Waals surface area (Å²) in [5.41, 5.74) is 1.30. The number of hydrogen-bond acceptors (Lipinski definition) is 2. The van der Waals surface area contributed by atoms with Gasteiger partial charge in [0.15, 0.2) is 0 Å². The Morgan fingerprint density at radius 2 is 2.06 bits per heavy atom. The first-order chi connectivity index (χ1) is 8.56. The molecule has 4 heteroatoms. The van der Waals surface area contributed by atoms with Crippen LogP contribution in [0.5, 0.6) is 0 Å². The van der Waals surface area contributed by atoms with Gasteiger partial charge in [-0.25, -0.2) is 4.98 Å². The topological polar surface area (TPSA) is 42.0 Å². The summed E-state index contributed by atoms with van der Waals surface area (Å²) in [6.07, 6.45) is 1.91. The van der Waals surface area contributed by atoms with E-state index in [1.165, 1.54) is 0 Å². The summed E-state index contributed by atoms with van der Waals surface area (Å²) in [6, 6.07) is 5.44. The minimum Gasteiger partial charge on any atom is -0.350 e. The van der Waals surface area contributed by atoms with Crippen molar-refractivity contribution in [2.24, 2.45) is 5.41 Å². The SMILES string of the molecule is CCC(CC)(CCl)CNC(=O)c1cccc(C)n1. The molecule has 0 aliphatic rings. The summed E-state index contributed by atoms with van der Waals surface area (Å²) in [5, 5.41) is 2.93. The number of alkyl halides is 1. The van der Waals surface area contributed by atoms with Crippen molar-refractivity contribution in [2.45, 2.75) is 33.6 Å². The lowest BCUT2D eigenvalue weighted by molar-refractivity contribution is 0.0926. The van der Waals surface area contributed by atoms with Crippen LogP contribution in [0.4, 0.5) is 0 Å². The molecule has 1 aromatic heterocycles. The van der Waals surface area contributed by atoms with Crippen molar-refractivity contribution in [3.05, 3.63) is 29.6 Å². The van der Waals surface area contributed by atoms with Crippen molar-refractivity contribution >= 4 is 17.5 Å². The number of aromatic nitrogens is 1. The zero-order valence-electron chi connectivity index (χ0n) is 11.3. The highest BCUT2D eigenvalue weighted by molar-refractivity contribution is 6.18. The predicted octanol–water partition coefficient (Wildman–Crippen LogP) is 3.17. The van der Waals surface area contributed by atoms with E-state index < -0.39 is 0 Å². The van der Waals surface area contributed by atoms with Crippen LogP contribution in [0.25, 0.3) is 0 Å². The van der Waals surface area contributed by atoms with E-state index in [-0.39, 0.29) is 11.3 Å². The van der Waals surface area contributed by atoms with Crippen molar-refractivity contribution in [1.82, 2.24) is 10.3 Å². The minimum absolute atomic E-state index is 0.0129. The van der Waals surface area contributed by atoms with Gasteiger partial charge in [-0.2, -0.15) is 0 Å². The zero-order chi connectivity index (χ0) is 13.6. The van der Waals surface area contributed by atoms with E-state index in [2.05, 4.69) is 24.1 Å². The van der Waals surface area contributed by atoms with E-state index in [1.807, 2.05) is 19.1 Å². The number of carbonyl (C=O) groups is 1. The van der Waals surface area contributed by atoms with Crippen LogP contribution in [0.15, 0.2) is 18.2 Å². The standard InChI is InChI=1S/C14H21ClN2O/c1-4-14(5-2,9-15)10-16-13(18)12-8-6-7-11(3)17-12/h6-8H,4-5,9-10H2,1-3H3,(H,16,18). The van der Waals surface area contributed by atoms with Crippen molar-refractivity contribution in [3.63, 3.8) is 0 Å². The van der Waals surface area contributed by atoms with Crippen LogP contribution in [0.2, 0.25) is 0 Å². The maximum absolute atomic E-state index is 12.0. The fourth-order valence-electron chi connectivity index (χ4n) is 1.76. The maximum Gasteiger partial charge on any atom is 0.269 e. The Morgan fingerprint density at radius 1 is 1.39 bits per heavy atom. The summed E-state index contributed by atoms with van der Waals surface area (Å²) in [5.74, 6) is 0.428. The number of aryl methyl sites for hydroxylation is 1. The van der Waals surface area contributed by atoms with Gasteiger partial charge in [0.2, 0.25) is 0 Å². The summed E-state index contributed by atoms with van der Waals surface area (Å²) in [4.78, 5) is 16.2. The minimum atomic E-state index is -0.130. The quantitative estimate of drug-likeness (QED) is 0.806. The molecule has 0 fully saturated rings. The van der Waals surface area contributed by atoms with Gasteiger partial charge in [0.05, 0.1) is 0 Å². The molecule has 0 saturated carbocycles. The molecule has 0 aromatic carbocycles. The Bertz CT molecular complexity index is 394. The molecule has 1 rings (SSSR count). The number of pyridine rings is 1. The van der Waals surface area contributed by atoms with Gasteiger partial charge in [0, 0.05) is 23.5 Å². The number of amides is 1. The maximum atomic E-state index is 12.0. The van der Waals surface area contributed by atoms with Crippen LogP contribution in [0.1, 0.15) is 42.9 Å². The third kappa shape index (κ3) is 3.70. The number of rotatable bonds is 6. The first kappa shape index (κ1) is 15.0. The lowest BCUT2D eigenvalue weighted by Gasteiger charge is -2.29. The number of carbonyl (C=O) groups excluding carboxylic acids is 1. The molecule has 0 radical (unpaired) electrons. The van der Waals surface area contributed by atoms with Crippen molar-refractivity contribution in [1.29, 1.82) is 0 Å². The fraction of sp³-hybridized carbons (Fsp3) is 0.571. The van der Waals surface area contributed by atoms with Crippen LogP contribution in [-0.2, 0) is 0 Å². The number of hydrogen-bond donors (Lipinski definition) is 1. The highest BCUT2D eigenvalue weighted by Crippen LogP contribution is 2.26. The van der Waals surface area contributed by atoms with Crippen molar-refractivity contribution in [2.75, 3.05) is 12.4 Å². The molecular weight excluding hydrogens is 248 g/mol. The Kier molecular flexibility index (Phi) is 5.60. The predicted molar refractivity (Wildman–Crippen MR) is 75.0 cm³/mol. The van der Waals surface area contributed by atoms with Crippen LogP contribution in [0, 0.1) is 12.3 Å². The highest BCUT2D eigenvalue weighted by Gasteiger charge is 2.25. The van der Waals surface area contributed by atoms with E-state index in [1.54, 1.807) is 6.07 Å². The summed E-state index contributed by atoms with van der Waals surface area (Å²) >= 11 is 6.01. The van der Waals surface area contributed by atoms with Crippen LogP contribution in [-0.4, -0.2) is 23.3 Å². The first-order valence-corrected chi connectivity index (χ1v) is 6.88. The molecule has 0 bridgehead atoms. The second kappa shape index (κ2) is 6.74. The summed E-state index contributed by atoms with van der Waals surface area (Å²) < 4.78 is 0. The van der Waals surface area contributed by atoms with E-state index >= 15 is 0 Å². The Hall–Kier alpha value is -1.09. The molecule has 0 atom stereocenters. The highest BCUT2D eigenvalue weighted by atomic mass is 35.5. The number of nitrogens with one attached hydrogen (secondary N) is 1. The van der Waals surface area contributed by atoms with E-state index in [9.17, 15) is 4.79 Å². The first-order valence-electron chi connectivity index (χ1n) is 6.34. The monoisotopic (exact) mass is 268 g/mol. The molecule has 1 aromatic rings. The largest absolute Gasteiger partial charge is 0.350 e. The second-order valence-corrected chi connectivity index (χ2v) is 4.95. The van der Waals surface area contributed by atoms with Gasteiger partial charge in [-0.1, -0.05) is 19.9 Å². The summed E-state index contributed by atoms with van der Waals surface area (Å²) in [7, 11) is 0. The lowest BCUT2D eigenvalue weighted by Crippen LogP contribution is -2.38. The van der Waals surface area contributed by atoms with Gasteiger partial charge < -0.3 is 5.32 Å². The van der Waals surface area contributed by atoms with Crippen molar-refractivity contribution < 1.29 is 4.79 Å². The van der Waals surface area contributed by atoms with Crippen molar-refractivity contribution in [3.8, 4) is 0 Å².